The molecule has 6 nitrogen and oxygen atoms in total. The van der Waals surface area contributed by atoms with E-state index < -0.39 is 11.0 Å². The summed E-state index contributed by atoms with van der Waals surface area (Å²) in [4.78, 5) is 13.7. The fraction of sp³-hybridized carbons (Fsp3) is 0.625. The molecular formula is C8H11N3O3. The normalized spacial score (nSPS) is 21.4. The third-order valence-corrected chi connectivity index (χ3v) is 2.22. The molecule has 0 amide bonds. The SMILES string of the molecule is [2H]C(C)(O)c1cnc([N+](=O)[O-])n1C1CC1. The number of nitrogens with zero attached hydrogens (tertiary/aromatic N) is 3. The molecule has 0 bridgehead atoms. The fourth-order valence-electron chi connectivity index (χ4n) is 1.45. The fourth-order valence-corrected chi connectivity index (χ4v) is 1.45. The van der Waals surface area contributed by atoms with Crippen molar-refractivity contribution in [2.45, 2.75) is 31.9 Å². The van der Waals surface area contributed by atoms with Crippen LogP contribution in [0.3, 0.4) is 0 Å². The largest absolute Gasteiger partial charge is 0.435 e. The number of aliphatic hydroxyl groups is 1. The molecule has 1 heterocycles. The van der Waals surface area contributed by atoms with Crippen molar-refractivity contribution in [2.24, 2.45) is 0 Å². The lowest BCUT2D eigenvalue weighted by atomic mass is 10.3. The quantitative estimate of drug-likeness (QED) is 0.584. The van der Waals surface area contributed by atoms with Crippen LogP contribution in [-0.4, -0.2) is 19.6 Å². The molecule has 76 valence electrons. The van der Waals surface area contributed by atoms with Gasteiger partial charge < -0.3 is 15.2 Å². The molecule has 14 heavy (non-hydrogen) atoms. The van der Waals surface area contributed by atoms with E-state index in [2.05, 4.69) is 4.98 Å². The number of nitro groups is 1. The van der Waals surface area contributed by atoms with E-state index in [1.807, 2.05) is 0 Å². The first kappa shape index (κ1) is 7.93. The van der Waals surface area contributed by atoms with E-state index in [9.17, 15) is 15.2 Å². The van der Waals surface area contributed by atoms with Gasteiger partial charge in [-0.05, 0) is 24.7 Å². The minimum absolute atomic E-state index is 0.0136. The van der Waals surface area contributed by atoms with Gasteiger partial charge in [0.05, 0.1) is 7.41 Å². The highest BCUT2D eigenvalue weighted by Gasteiger charge is 2.36. The molecule has 0 radical (unpaired) electrons. The predicted octanol–water partition coefficient (Wildman–Crippen LogP) is 1.18. The van der Waals surface area contributed by atoms with Crippen LogP contribution >= 0.6 is 0 Å². The third kappa shape index (κ3) is 1.37. The van der Waals surface area contributed by atoms with Crippen LogP contribution in [0, 0.1) is 10.1 Å². The molecule has 1 unspecified atom stereocenters. The Morgan fingerprint density at radius 3 is 3.00 bits per heavy atom. The van der Waals surface area contributed by atoms with Crippen LogP contribution in [0.25, 0.3) is 0 Å². The minimum Gasteiger partial charge on any atom is -0.390 e. The number of rotatable bonds is 3. The summed E-state index contributed by atoms with van der Waals surface area (Å²) in [7, 11) is 0. The Morgan fingerprint density at radius 1 is 1.93 bits per heavy atom. The van der Waals surface area contributed by atoms with E-state index in [0.717, 1.165) is 12.8 Å². The van der Waals surface area contributed by atoms with Crippen molar-refractivity contribution in [3.63, 3.8) is 0 Å². The molecule has 1 saturated carbocycles. The van der Waals surface area contributed by atoms with Gasteiger partial charge in [-0.1, -0.05) is 4.98 Å². The van der Waals surface area contributed by atoms with Crippen LogP contribution in [-0.2, 0) is 0 Å². The Morgan fingerprint density at radius 2 is 2.57 bits per heavy atom. The summed E-state index contributed by atoms with van der Waals surface area (Å²) >= 11 is 0. The highest BCUT2D eigenvalue weighted by atomic mass is 16.6. The Hall–Kier alpha value is -1.43. The lowest BCUT2D eigenvalue weighted by Gasteiger charge is -2.05. The summed E-state index contributed by atoms with van der Waals surface area (Å²) in [6.45, 7) is 1.27. The zero-order valence-electron chi connectivity index (χ0n) is 8.67. The Labute approximate surface area is 81.7 Å². The molecule has 1 aliphatic rings. The van der Waals surface area contributed by atoms with Gasteiger partial charge in [0, 0.05) is 0 Å². The van der Waals surface area contributed by atoms with Gasteiger partial charge in [0.15, 0.2) is 0 Å². The Bertz CT molecular complexity index is 406. The van der Waals surface area contributed by atoms with Crippen molar-refractivity contribution < 1.29 is 11.4 Å². The van der Waals surface area contributed by atoms with E-state index in [4.69, 9.17) is 1.37 Å². The first-order valence-electron chi connectivity index (χ1n) is 4.85. The molecule has 0 saturated heterocycles. The van der Waals surface area contributed by atoms with Crippen LogP contribution in [0.1, 0.15) is 39.0 Å². The topological polar surface area (TPSA) is 81.2 Å². The maximum absolute atomic E-state index is 10.7. The molecule has 1 atom stereocenters. The molecular weight excluding hydrogens is 186 g/mol. The summed E-state index contributed by atoms with van der Waals surface area (Å²) in [5.74, 6) is -0.292. The summed E-state index contributed by atoms with van der Waals surface area (Å²) in [5.41, 5.74) is 0.178. The lowest BCUT2D eigenvalue weighted by molar-refractivity contribution is -0.396. The second-order valence-corrected chi connectivity index (χ2v) is 3.39. The average Bonchev–Trinajstić information content (AvgIpc) is 2.81. The van der Waals surface area contributed by atoms with E-state index >= 15 is 0 Å². The van der Waals surface area contributed by atoms with Crippen molar-refractivity contribution in [1.82, 2.24) is 9.55 Å². The zero-order valence-corrected chi connectivity index (χ0v) is 7.67. The molecule has 1 aromatic heterocycles. The molecule has 2 rings (SSSR count). The van der Waals surface area contributed by atoms with Crippen molar-refractivity contribution in [3.8, 4) is 0 Å². The Balaban J connectivity index is 2.52. The number of aromatic nitrogens is 2. The Kier molecular flexibility index (Phi) is 1.73. The van der Waals surface area contributed by atoms with Gasteiger partial charge in [-0.25, -0.2) is 4.57 Å². The first-order valence-corrected chi connectivity index (χ1v) is 4.35. The standard InChI is InChI=1S/C8H11N3O3/c1-5(12)7-4-9-8(11(13)14)10(7)6-2-3-6/h4-6,12H,2-3H2,1H3/i5D. The predicted molar refractivity (Wildman–Crippen MR) is 47.8 cm³/mol. The van der Waals surface area contributed by atoms with Crippen molar-refractivity contribution in [1.29, 1.82) is 0 Å². The van der Waals surface area contributed by atoms with E-state index in [1.54, 1.807) is 0 Å². The molecule has 6 heteroatoms. The number of hydrogen-bond acceptors (Lipinski definition) is 4. The lowest BCUT2D eigenvalue weighted by Crippen LogP contribution is -2.07. The van der Waals surface area contributed by atoms with E-state index in [0.29, 0.717) is 0 Å². The summed E-state index contributed by atoms with van der Waals surface area (Å²) in [6.07, 6.45) is 1.02. The number of imidazole rings is 1. The minimum atomic E-state index is -1.84. The van der Waals surface area contributed by atoms with Gasteiger partial charge in [0.25, 0.3) is 0 Å². The highest BCUT2D eigenvalue weighted by molar-refractivity contribution is 5.20. The molecule has 1 fully saturated rings. The van der Waals surface area contributed by atoms with Crippen LogP contribution in [0.2, 0.25) is 0 Å². The highest BCUT2D eigenvalue weighted by Crippen LogP contribution is 2.40. The molecule has 0 aromatic carbocycles. The van der Waals surface area contributed by atoms with Crippen LogP contribution < -0.4 is 0 Å². The second kappa shape index (κ2) is 3.06. The van der Waals surface area contributed by atoms with Crippen LogP contribution in [0.15, 0.2) is 6.20 Å². The molecule has 0 spiro atoms. The van der Waals surface area contributed by atoms with Crippen molar-refractivity contribution in [2.75, 3.05) is 0 Å². The van der Waals surface area contributed by atoms with Gasteiger partial charge in [-0.2, -0.15) is 0 Å². The van der Waals surface area contributed by atoms with E-state index in [1.165, 1.54) is 17.7 Å². The molecule has 1 aromatic rings. The zero-order chi connectivity index (χ0) is 11.2. The maximum Gasteiger partial charge on any atom is 0.435 e. The van der Waals surface area contributed by atoms with Crippen LogP contribution in [0.5, 0.6) is 0 Å². The average molecular weight is 198 g/mol. The maximum atomic E-state index is 10.7. The molecule has 1 aliphatic carbocycles. The van der Waals surface area contributed by atoms with Gasteiger partial charge in [-0.15, -0.1) is 0 Å². The molecule has 0 aliphatic heterocycles. The third-order valence-electron chi connectivity index (χ3n) is 2.22. The monoisotopic (exact) mass is 198 g/mol. The van der Waals surface area contributed by atoms with Crippen LogP contribution in [0.4, 0.5) is 5.95 Å². The number of hydrogen-bond donors (Lipinski definition) is 1. The van der Waals surface area contributed by atoms with Gasteiger partial charge in [0.2, 0.25) is 0 Å². The van der Waals surface area contributed by atoms with Crippen molar-refractivity contribution in [3.05, 3.63) is 22.0 Å². The smallest absolute Gasteiger partial charge is 0.390 e. The van der Waals surface area contributed by atoms with E-state index in [-0.39, 0.29) is 17.7 Å². The summed E-state index contributed by atoms with van der Waals surface area (Å²) in [5, 5.41) is 20.2. The van der Waals surface area contributed by atoms with Gasteiger partial charge in [-0.3, -0.25) is 0 Å². The molecule has 1 N–H and O–H groups in total. The van der Waals surface area contributed by atoms with Gasteiger partial charge >= 0.3 is 5.95 Å². The summed E-state index contributed by atoms with van der Waals surface area (Å²) in [6, 6.07) is 0.0136. The first-order chi connectivity index (χ1) is 6.91. The van der Waals surface area contributed by atoms with Gasteiger partial charge in [0.1, 0.15) is 18.0 Å². The second-order valence-electron chi connectivity index (χ2n) is 3.39. The van der Waals surface area contributed by atoms with Crippen molar-refractivity contribution >= 4 is 5.95 Å². The summed E-state index contributed by atoms with van der Waals surface area (Å²) < 4.78 is 8.82.